The molecule has 2 rings (SSSR count). The van der Waals surface area contributed by atoms with E-state index in [0.717, 1.165) is 20.9 Å². The van der Waals surface area contributed by atoms with E-state index < -0.39 is 0 Å². The zero-order valence-corrected chi connectivity index (χ0v) is 9.85. The number of nitrogens with zero attached hydrogens (tertiary/aromatic N) is 1. The van der Waals surface area contributed by atoms with E-state index in [1.807, 2.05) is 13.0 Å². The van der Waals surface area contributed by atoms with E-state index in [1.165, 1.54) is 0 Å². The summed E-state index contributed by atoms with van der Waals surface area (Å²) in [7, 11) is 0. The van der Waals surface area contributed by atoms with Crippen LogP contribution in [0.5, 0.6) is 0 Å². The lowest BCUT2D eigenvalue weighted by Gasteiger charge is -2.07. The second-order valence-electron chi connectivity index (χ2n) is 3.11. The molecule has 0 aliphatic carbocycles. The normalized spacial score (nSPS) is 10.8. The highest BCUT2D eigenvalue weighted by Gasteiger charge is 2.09. The summed E-state index contributed by atoms with van der Waals surface area (Å²) in [5.74, 6) is 0. The molecule has 0 unspecified atom stereocenters. The van der Waals surface area contributed by atoms with Gasteiger partial charge in [0.15, 0.2) is 0 Å². The molecule has 1 aromatic heterocycles. The number of hydrogen-bond donors (Lipinski definition) is 1. The van der Waals surface area contributed by atoms with Crippen molar-refractivity contribution in [3.05, 3.63) is 33.4 Å². The van der Waals surface area contributed by atoms with Gasteiger partial charge in [-0.15, -0.1) is 0 Å². The summed E-state index contributed by atoms with van der Waals surface area (Å²) >= 11 is 9.60. The molecule has 4 heteroatoms. The molecule has 2 aromatic rings. The second kappa shape index (κ2) is 3.41. The van der Waals surface area contributed by atoms with E-state index in [2.05, 4.69) is 20.9 Å². The lowest BCUT2D eigenvalue weighted by molar-refractivity contribution is 1.38. The first-order valence-corrected chi connectivity index (χ1v) is 5.27. The summed E-state index contributed by atoms with van der Waals surface area (Å²) in [6, 6.07) is 3.69. The molecule has 2 N–H and O–H groups in total. The van der Waals surface area contributed by atoms with Gasteiger partial charge < -0.3 is 5.73 Å². The van der Waals surface area contributed by atoms with Crippen molar-refractivity contribution in [1.82, 2.24) is 4.98 Å². The number of pyridine rings is 1. The molecule has 0 fully saturated rings. The Labute approximate surface area is 95.2 Å². The molecular formula is C10H8BrClN2. The molecule has 0 amide bonds. The standard InChI is InChI=1S/C10H8BrClN2/c1-5-4-6(11)10-8(9(5)12)7(13)2-3-14-10/h2-4H,1H3,(H2,13,14). The Hall–Kier alpha value is -0.800. The highest BCUT2D eigenvalue weighted by atomic mass is 79.9. The Morgan fingerprint density at radius 3 is 2.93 bits per heavy atom. The highest BCUT2D eigenvalue weighted by Crippen LogP contribution is 2.34. The molecule has 0 bridgehead atoms. The number of fused-ring (bicyclic) bond motifs is 1. The van der Waals surface area contributed by atoms with Gasteiger partial charge in [-0.1, -0.05) is 11.6 Å². The maximum atomic E-state index is 6.16. The summed E-state index contributed by atoms with van der Waals surface area (Å²) in [5, 5.41) is 1.50. The van der Waals surface area contributed by atoms with Crippen LogP contribution in [-0.2, 0) is 0 Å². The van der Waals surface area contributed by atoms with E-state index in [4.69, 9.17) is 17.3 Å². The first-order chi connectivity index (χ1) is 6.61. The van der Waals surface area contributed by atoms with Gasteiger partial charge in [0.25, 0.3) is 0 Å². The lowest BCUT2D eigenvalue weighted by Crippen LogP contribution is -1.91. The average Bonchev–Trinajstić information content (AvgIpc) is 2.14. The van der Waals surface area contributed by atoms with Crippen molar-refractivity contribution in [2.24, 2.45) is 0 Å². The van der Waals surface area contributed by atoms with Crippen LogP contribution in [0.25, 0.3) is 10.9 Å². The van der Waals surface area contributed by atoms with Crippen LogP contribution < -0.4 is 5.73 Å². The van der Waals surface area contributed by atoms with Crippen LogP contribution >= 0.6 is 27.5 Å². The molecule has 0 aliphatic heterocycles. The summed E-state index contributed by atoms with van der Waals surface area (Å²) in [6.45, 7) is 1.94. The molecule has 0 atom stereocenters. The van der Waals surface area contributed by atoms with Crippen molar-refractivity contribution in [3.8, 4) is 0 Å². The molecule has 14 heavy (non-hydrogen) atoms. The summed E-state index contributed by atoms with van der Waals surface area (Å²) in [4.78, 5) is 4.23. The van der Waals surface area contributed by atoms with Gasteiger partial charge in [0.05, 0.1) is 10.5 Å². The molecular weight excluding hydrogens is 263 g/mol. The van der Waals surface area contributed by atoms with E-state index in [1.54, 1.807) is 12.3 Å². The van der Waals surface area contributed by atoms with Crippen LogP contribution in [0.1, 0.15) is 5.56 Å². The van der Waals surface area contributed by atoms with Crippen LogP contribution in [0.4, 0.5) is 5.69 Å². The van der Waals surface area contributed by atoms with E-state index in [9.17, 15) is 0 Å². The molecule has 0 spiro atoms. The van der Waals surface area contributed by atoms with Crippen molar-refractivity contribution >= 4 is 44.1 Å². The smallest absolute Gasteiger partial charge is 0.0879 e. The highest BCUT2D eigenvalue weighted by molar-refractivity contribution is 9.10. The zero-order chi connectivity index (χ0) is 10.3. The van der Waals surface area contributed by atoms with Crippen molar-refractivity contribution in [2.45, 2.75) is 6.92 Å². The minimum atomic E-state index is 0.657. The minimum absolute atomic E-state index is 0.657. The molecule has 2 nitrogen and oxygen atoms in total. The number of aryl methyl sites for hydroxylation is 1. The first kappa shape index (κ1) is 9.74. The Bertz CT molecular complexity index is 511. The third kappa shape index (κ3) is 1.37. The first-order valence-electron chi connectivity index (χ1n) is 4.10. The van der Waals surface area contributed by atoms with Gasteiger partial charge in [0.2, 0.25) is 0 Å². The second-order valence-corrected chi connectivity index (χ2v) is 4.35. The fraction of sp³-hybridized carbons (Fsp3) is 0.100. The third-order valence-electron chi connectivity index (χ3n) is 2.12. The Balaban J connectivity index is 3.03. The number of rotatable bonds is 0. The number of aromatic nitrogens is 1. The number of benzene rings is 1. The average molecular weight is 272 g/mol. The summed E-state index contributed by atoms with van der Waals surface area (Å²) in [5.41, 5.74) is 8.30. The fourth-order valence-electron chi connectivity index (χ4n) is 1.41. The quantitative estimate of drug-likeness (QED) is 0.796. The predicted molar refractivity (Wildman–Crippen MR) is 63.6 cm³/mol. The van der Waals surface area contributed by atoms with Gasteiger partial charge in [0.1, 0.15) is 0 Å². The van der Waals surface area contributed by atoms with Crippen molar-refractivity contribution in [1.29, 1.82) is 0 Å². The molecule has 72 valence electrons. The minimum Gasteiger partial charge on any atom is -0.398 e. The van der Waals surface area contributed by atoms with Crippen molar-refractivity contribution < 1.29 is 0 Å². The van der Waals surface area contributed by atoms with Crippen molar-refractivity contribution in [2.75, 3.05) is 5.73 Å². The molecule has 0 saturated heterocycles. The van der Waals surface area contributed by atoms with E-state index in [0.29, 0.717) is 10.7 Å². The van der Waals surface area contributed by atoms with Gasteiger partial charge in [-0.3, -0.25) is 4.98 Å². The maximum absolute atomic E-state index is 6.16. The van der Waals surface area contributed by atoms with Crippen LogP contribution in [0.2, 0.25) is 5.02 Å². The number of hydrogen-bond acceptors (Lipinski definition) is 2. The topological polar surface area (TPSA) is 38.9 Å². The van der Waals surface area contributed by atoms with Gasteiger partial charge in [0, 0.05) is 21.7 Å². The van der Waals surface area contributed by atoms with E-state index >= 15 is 0 Å². The van der Waals surface area contributed by atoms with Gasteiger partial charge in [-0.25, -0.2) is 0 Å². The molecule has 0 aliphatic rings. The van der Waals surface area contributed by atoms with Crippen LogP contribution in [0.15, 0.2) is 22.8 Å². The molecule has 1 heterocycles. The largest absolute Gasteiger partial charge is 0.398 e. The van der Waals surface area contributed by atoms with Crippen molar-refractivity contribution in [3.63, 3.8) is 0 Å². The van der Waals surface area contributed by atoms with Crippen LogP contribution in [-0.4, -0.2) is 4.98 Å². The van der Waals surface area contributed by atoms with E-state index in [-0.39, 0.29) is 0 Å². The Kier molecular flexibility index (Phi) is 2.37. The maximum Gasteiger partial charge on any atom is 0.0879 e. The van der Waals surface area contributed by atoms with Crippen LogP contribution in [0.3, 0.4) is 0 Å². The monoisotopic (exact) mass is 270 g/mol. The predicted octanol–water partition coefficient (Wildman–Crippen LogP) is 3.54. The molecule has 1 aromatic carbocycles. The number of nitrogens with two attached hydrogens (primary N) is 1. The number of anilines is 1. The molecule has 0 saturated carbocycles. The van der Waals surface area contributed by atoms with Gasteiger partial charge in [-0.2, -0.15) is 0 Å². The fourth-order valence-corrected chi connectivity index (χ4v) is 2.30. The van der Waals surface area contributed by atoms with Gasteiger partial charge in [-0.05, 0) is 40.5 Å². The molecule has 0 radical (unpaired) electrons. The van der Waals surface area contributed by atoms with Gasteiger partial charge >= 0.3 is 0 Å². The Morgan fingerprint density at radius 1 is 1.50 bits per heavy atom. The van der Waals surface area contributed by atoms with Crippen LogP contribution in [0, 0.1) is 6.92 Å². The Morgan fingerprint density at radius 2 is 2.21 bits per heavy atom. The SMILES string of the molecule is Cc1cc(Br)c2nccc(N)c2c1Cl. The number of nitrogen functional groups attached to an aromatic ring is 1. The lowest BCUT2D eigenvalue weighted by atomic mass is 10.1. The summed E-state index contributed by atoms with van der Waals surface area (Å²) < 4.78 is 0.918. The third-order valence-corrected chi connectivity index (χ3v) is 3.21. The zero-order valence-electron chi connectivity index (χ0n) is 7.51. The summed E-state index contributed by atoms with van der Waals surface area (Å²) in [6.07, 6.45) is 1.67. The number of halogens is 2.